The summed E-state index contributed by atoms with van der Waals surface area (Å²) in [7, 11) is 0. The lowest BCUT2D eigenvalue weighted by molar-refractivity contribution is 0.302. The number of fused-ring (bicyclic) bond motifs is 3. The van der Waals surface area contributed by atoms with Crippen LogP contribution >= 0.6 is 11.6 Å². The Morgan fingerprint density at radius 2 is 1.79 bits per heavy atom. The van der Waals surface area contributed by atoms with Crippen LogP contribution in [0.2, 0.25) is 5.02 Å². The van der Waals surface area contributed by atoms with Crippen LogP contribution in [0.15, 0.2) is 48.5 Å². The van der Waals surface area contributed by atoms with E-state index in [4.69, 9.17) is 11.6 Å². The lowest BCUT2D eigenvalue weighted by Gasteiger charge is -2.17. The molecule has 2 heterocycles. The van der Waals surface area contributed by atoms with Crippen molar-refractivity contribution in [2.24, 2.45) is 0 Å². The normalized spacial score (nSPS) is 15.4. The molecular formula is C21H23ClN2. The third kappa shape index (κ3) is 2.85. The van der Waals surface area contributed by atoms with Gasteiger partial charge in [-0.15, -0.1) is 0 Å². The number of benzene rings is 2. The quantitative estimate of drug-likeness (QED) is 0.668. The molecule has 0 spiro atoms. The molecule has 0 unspecified atom stereocenters. The van der Waals surface area contributed by atoms with Gasteiger partial charge in [0.25, 0.3) is 0 Å². The number of likely N-dealkylation sites (N-methyl/N-ethyl adjacent to an activating group) is 1. The van der Waals surface area contributed by atoms with Crippen molar-refractivity contribution < 1.29 is 0 Å². The van der Waals surface area contributed by atoms with Gasteiger partial charge >= 0.3 is 0 Å². The number of hydrogen-bond donors (Lipinski definition) is 0. The molecule has 0 atom stereocenters. The second-order valence-corrected chi connectivity index (χ2v) is 7.03. The van der Waals surface area contributed by atoms with Crippen molar-refractivity contribution >= 4 is 22.5 Å². The Kier molecular flexibility index (Phi) is 4.34. The summed E-state index contributed by atoms with van der Waals surface area (Å²) in [6.45, 7) is 6.59. The Morgan fingerprint density at radius 3 is 2.58 bits per heavy atom. The van der Waals surface area contributed by atoms with Gasteiger partial charge in [-0.05, 0) is 42.3 Å². The summed E-state index contributed by atoms with van der Waals surface area (Å²) in [5, 5.41) is 2.17. The predicted octanol–water partition coefficient (Wildman–Crippen LogP) is 4.76. The summed E-state index contributed by atoms with van der Waals surface area (Å²) in [5.41, 5.74) is 5.66. The molecule has 0 radical (unpaired) electrons. The van der Waals surface area contributed by atoms with Gasteiger partial charge in [0.1, 0.15) is 0 Å². The van der Waals surface area contributed by atoms with E-state index in [0.717, 1.165) is 44.0 Å². The van der Waals surface area contributed by atoms with Crippen LogP contribution in [-0.2, 0) is 19.4 Å². The molecule has 0 N–H and O–H groups in total. The van der Waals surface area contributed by atoms with Crippen molar-refractivity contribution in [1.82, 2.24) is 9.47 Å². The van der Waals surface area contributed by atoms with Crippen LogP contribution in [0.1, 0.15) is 23.7 Å². The molecule has 4 rings (SSSR count). The molecule has 2 aromatic carbocycles. The molecule has 0 amide bonds. The van der Waals surface area contributed by atoms with Crippen molar-refractivity contribution in [1.29, 1.82) is 0 Å². The first-order chi connectivity index (χ1) is 11.8. The van der Waals surface area contributed by atoms with Gasteiger partial charge < -0.3 is 9.47 Å². The summed E-state index contributed by atoms with van der Waals surface area (Å²) in [6.07, 6.45) is 2.23. The van der Waals surface area contributed by atoms with Gasteiger partial charge in [0, 0.05) is 47.7 Å². The van der Waals surface area contributed by atoms with E-state index < -0.39 is 0 Å². The third-order valence-corrected chi connectivity index (χ3v) is 5.46. The van der Waals surface area contributed by atoms with E-state index in [9.17, 15) is 0 Å². The number of halogens is 1. The van der Waals surface area contributed by atoms with E-state index in [2.05, 4.69) is 58.9 Å². The molecule has 3 aromatic rings. The van der Waals surface area contributed by atoms with Gasteiger partial charge in [0.15, 0.2) is 0 Å². The number of aromatic nitrogens is 1. The van der Waals surface area contributed by atoms with Gasteiger partial charge in [0.05, 0.1) is 0 Å². The van der Waals surface area contributed by atoms with Gasteiger partial charge in [-0.25, -0.2) is 0 Å². The topological polar surface area (TPSA) is 8.17 Å². The fourth-order valence-electron chi connectivity index (χ4n) is 3.92. The van der Waals surface area contributed by atoms with Crippen molar-refractivity contribution in [3.8, 4) is 0 Å². The Hall–Kier alpha value is -1.77. The smallest absolute Gasteiger partial charge is 0.0489 e. The Labute approximate surface area is 148 Å². The molecule has 3 heteroatoms. The predicted molar refractivity (Wildman–Crippen MR) is 102 cm³/mol. The summed E-state index contributed by atoms with van der Waals surface area (Å²) >= 11 is 6.31. The zero-order chi connectivity index (χ0) is 16.5. The van der Waals surface area contributed by atoms with Gasteiger partial charge in [-0.3, -0.25) is 0 Å². The van der Waals surface area contributed by atoms with Gasteiger partial charge in [-0.1, -0.05) is 48.9 Å². The summed E-state index contributed by atoms with van der Waals surface area (Å²) in [6, 6.07) is 17.1. The first-order valence-corrected chi connectivity index (χ1v) is 9.20. The number of rotatable bonds is 3. The highest BCUT2D eigenvalue weighted by molar-refractivity contribution is 6.31. The fourth-order valence-corrected chi connectivity index (χ4v) is 4.09. The van der Waals surface area contributed by atoms with Crippen molar-refractivity contribution in [2.45, 2.75) is 26.3 Å². The Balaban J connectivity index is 1.84. The summed E-state index contributed by atoms with van der Waals surface area (Å²) in [4.78, 5) is 2.54. The van der Waals surface area contributed by atoms with E-state index >= 15 is 0 Å². The zero-order valence-corrected chi connectivity index (χ0v) is 14.9. The maximum absolute atomic E-state index is 6.31. The molecule has 0 fully saturated rings. The number of hydrogen-bond acceptors (Lipinski definition) is 1. The van der Waals surface area contributed by atoms with Crippen LogP contribution < -0.4 is 0 Å². The monoisotopic (exact) mass is 338 g/mol. The van der Waals surface area contributed by atoms with E-state index in [-0.39, 0.29) is 0 Å². The minimum atomic E-state index is 0.832. The number of nitrogens with zero attached hydrogens (tertiary/aromatic N) is 2. The second kappa shape index (κ2) is 6.62. The minimum absolute atomic E-state index is 0.832. The van der Waals surface area contributed by atoms with Crippen LogP contribution in [0.5, 0.6) is 0 Å². The van der Waals surface area contributed by atoms with Crippen LogP contribution in [0.3, 0.4) is 0 Å². The van der Waals surface area contributed by atoms with Crippen LogP contribution in [-0.4, -0.2) is 29.1 Å². The van der Waals surface area contributed by atoms with E-state index in [1.54, 1.807) is 0 Å². The minimum Gasteiger partial charge on any atom is -0.340 e. The van der Waals surface area contributed by atoms with E-state index in [1.807, 2.05) is 6.07 Å². The first-order valence-electron chi connectivity index (χ1n) is 8.82. The molecule has 0 bridgehead atoms. The fraction of sp³-hybridized carbons (Fsp3) is 0.333. The van der Waals surface area contributed by atoms with Gasteiger partial charge in [-0.2, -0.15) is 0 Å². The Bertz CT molecular complexity index is 851. The maximum atomic E-state index is 6.31. The molecule has 1 aromatic heterocycles. The third-order valence-electron chi connectivity index (χ3n) is 5.22. The standard InChI is InChI=1S/C21H23ClN2/c1-2-23-12-10-18-19-14-17(22)8-9-20(19)24(21(18)11-13-23)15-16-6-4-3-5-7-16/h3-9,14H,2,10-13,15H2,1H3. The van der Waals surface area contributed by atoms with Crippen molar-refractivity contribution in [3.05, 3.63) is 70.4 Å². The Morgan fingerprint density at radius 1 is 1.00 bits per heavy atom. The van der Waals surface area contributed by atoms with Crippen LogP contribution in [0.25, 0.3) is 10.9 Å². The molecule has 0 aliphatic carbocycles. The molecule has 0 saturated carbocycles. The highest BCUT2D eigenvalue weighted by Gasteiger charge is 2.21. The summed E-state index contributed by atoms with van der Waals surface area (Å²) in [5.74, 6) is 0. The van der Waals surface area contributed by atoms with E-state index in [0.29, 0.717) is 0 Å². The highest BCUT2D eigenvalue weighted by atomic mass is 35.5. The van der Waals surface area contributed by atoms with Crippen molar-refractivity contribution in [3.63, 3.8) is 0 Å². The summed E-state index contributed by atoms with van der Waals surface area (Å²) < 4.78 is 2.51. The lowest BCUT2D eigenvalue weighted by atomic mass is 10.1. The molecule has 0 saturated heterocycles. The zero-order valence-electron chi connectivity index (χ0n) is 14.1. The molecule has 2 nitrogen and oxygen atoms in total. The van der Waals surface area contributed by atoms with Crippen LogP contribution in [0, 0.1) is 0 Å². The van der Waals surface area contributed by atoms with Crippen molar-refractivity contribution in [2.75, 3.05) is 19.6 Å². The lowest BCUT2D eigenvalue weighted by Crippen LogP contribution is -2.26. The maximum Gasteiger partial charge on any atom is 0.0489 e. The van der Waals surface area contributed by atoms with Crippen LogP contribution in [0.4, 0.5) is 0 Å². The second-order valence-electron chi connectivity index (χ2n) is 6.59. The molecule has 1 aliphatic heterocycles. The SMILES string of the molecule is CCN1CCc2c(n(Cc3ccccc3)c3ccc(Cl)cc23)CC1. The largest absolute Gasteiger partial charge is 0.340 e. The first kappa shape index (κ1) is 15.7. The van der Waals surface area contributed by atoms with E-state index in [1.165, 1.54) is 27.7 Å². The molecule has 24 heavy (non-hydrogen) atoms. The highest BCUT2D eigenvalue weighted by Crippen LogP contribution is 2.32. The molecule has 124 valence electrons. The average Bonchev–Trinajstić information content (AvgIpc) is 2.76. The average molecular weight is 339 g/mol. The van der Waals surface area contributed by atoms with Gasteiger partial charge in [0.2, 0.25) is 0 Å². The molecular weight excluding hydrogens is 316 g/mol. The molecule has 1 aliphatic rings.